The minimum Gasteiger partial charge on any atom is -0.497 e. The normalized spacial score (nSPS) is 11.2. The van der Waals surface area contributed by atoms with Crippen molar-refractivity contribution in [3.63, 3.8) is 0 Å². The van der Waals surface area contributed by atoms with E-state index in [1.165, 1.54) is 0 Å². The molecule has 0 radical (unpaired) electrons. The third-order valence-electron chi connectivity index (χ3n) is 3.49. The Hall–Kier alpha value is -2.11. The molecule has 0 spiro atoms. The highest BCUT2D eigenvalue weighted by Gasteiger charge is 2.06. The molecular weight excluding hydrogens is 392 g/mol. The first-order valence-corrected chi connectivity index (χ1v) is 8.29. The molecule has 122 valence electrons. The molecule has 0 fully saturated rings. The number of pyridine rings is 1. The van der Waals surface area contributed by atoms with Gasteiger partial charge in [0.2, 0.25) is 0 Å². The molecule has 0 aliphatic rings. The van der Waals surface area contributed by atoms with Gasteiger partial charge in [-0.25, -0.2) is 4.98 Å². The van der Waals surface area contributed by atoms with E-state index in [4.69, 9.17) is 21.1 Å². The second kappa shape index (κ2) is 7.20. The highest BCUT2D eigenvalue weighted by Crippen LogP contribution is 2.32. The first kappa shape index (κ1) is 16.7. The Bertz CT molecular complexity index is 928. The molecule has 0 amide bonds. The predicted molar refractivity (Wildman–Crippen MR) is 101 cm³/mol. The summed E-state index contributed by atoms with van der Waals surface area (Å²) in [6, 6.07) is 13.2. The van der Waals surface area contributed by atoms with Gasteiger partial charge in [0.25, 0.3) is 0 Å². The topological polar surface area (TPSA) is 43.7 Å². The van der Waals surface area contributed by atoms with E-state index in [1.54, 1.807) is 26.5 Å². The standard InChI is InChI=1S/C18H14BrClN2O2/c1-23-14-4-6-17(24-2)16(9-14)21-10-12-7-11-8-13(19)3-5-15(11)22-18(12)20/h3-10H,1-2H3. The zero-order valence-corrected chi connectivity index (χ0v) is 15.4. The predicted octanol–water partition coefficient (Wildman–Crippen LogP) is 5.42. The Labute approximate surface area is 153 Å². The zero-order valence-electron chi connectivity index (χ0n) is 13.1. The van der Waals surface area contributed by atoms with Crippen molar-refractivity contribution < 1.29 is 9.47 Å². The lowest BCUT2D eigenvalue weighted by Gasteiger charge is -2.07. The maximum absolute atomic E-state index is 6.27. The van der Waals surface area contributed by atoms with E-state index < -0.39 is 0 Å². The van der Waals surface area contributed by atoms with Crippen LogP contribution in [0.4, 0.5) is 5.69 Å². The van der Waals surface area contributed by atoms with Crippen LogP contribution in [-0.4, -0.2) is 25.4 Å². The van der Waals surface area contributed by atoms with Crippen molar-refractivity contribution in [3.8, 4) is 11.5 Å². The number of rotatable bonds is 4. The summed E-state index contributed by atoms with van der Waals surface area (Å²) in [6.07, 6.45) is 1.67. The molecule has 1 aromatic heterocycles. The Balaban J connectivity index is 2.02. The molecule has 0 bridgehead atoms. The number of benzene rings is 2. The maximum atomic E-state index is 6.27. The molecule has 1 heterocycles. The molecule has 0 aliphatic heterocycles. The summed E-state index contributed by atoms with van der Waals surface area (Å²) in [5, 5.41) is 1.38. The average molecular weight is 406 g/mol. The second-order valence-corrected chi connectivity index (χ2v) is 6.28. The van der Waals surface area contributed by atoms with Gasteiger partial charge in [-0.05, 0) is 36.4 Å². The third kappa shape index (κ3) is 3.52. The number of hydrogen-bond acceptors (Lipinski definition) is 4. The number of aliphatic imine (C=N–C) groups is 1. The van der Waals surface area contributed by atoms with Crippen LogP contribution in [0.3, 0.4) is 0 Å². The minimum absolute atomic E-state index is 0.399. The van der Waals surface area contributed by atoms with Crippen LogP contribution in [0.2, 0.25) is 5.15 Å². The lowest BCUT2D eigenvalue weighted by Crippen LogP contribution is -1.90. The van der Waals surface area contributed by atoms with Gasteiger partial charge >= 0.3 is 0 Å². The quantitative estimate of drug-likeness (QED) is 0.430. The molecule has 4 nitrogen and oxygen atoms in total. The van der Waals surface area contributed by atoms with Crippen LogP contribution < -0.4 is 9.47 Å². The van der Waals surface area contributed by atoms with Crippen molar-refractivity contribution in [3.05, 3.63) is 57.7 Å². The molecule has 0 unspecified atom stereocenters. The molecule has 0 saturated heterocycles. The summed E-state index contributed by atoms with van der Waals surface area (Å²) < 4.78 is 11.5. The maximum Gasteiger partial charge on any atom is 0.144 e. The summed E-state index contributed by atoms with van der Waals surface area (Å²) in [4.78, 5) is 8.88. The number of halogens is 2. The van der Waals surface area contributed by atoms with E-state index in [0.717, 1.165) is 20.9 Å². The van der Waals surface area contributed by atoms with Crippen molar-refractivity contribution in [2.75, 3.05) is 14.2 Å². The van der Waals surface area contributed by atoms with E-state index in [9.17, 15) is 0 Å². The lowest BCUT2D eigenvalue weighted by atomic mass is 10.2. The fourth-order valence-electron chi connectivity index (χ4n) is 2.27. The van der Waals surface area contributed by atoms with E-state index in [2.05, 4.69) is 25.9 Å². The van der Waals surface area contributed by atoms with Crippen molar-refractivity contribution >= 4 is 50.3 Å². The van der Waals surface area contributed by atoms with Gasteiger partial charge in [-0.1, -0.05) is 27.5 Å². The Morgan fingerprint density at radius 3 is 2.67 bits per heavy atom. The fourth-order valence-corrected chi connectivity index (χ4v) is 2.84. The number of hydrogen-bond donors (Lipinski definition) is 0. The van der Waals surface area contributed by atoms with Crippen LogP contribution >= 0.6 is 27.5 Å². The fraction of sp³-hybridized carbons (Fsp3) is 0.111. The zero-order chi connectivity index (χ0) is 17.1. The monoisotopic (exact) mass is 404 g/mol. The highest BCUT2D eigenvalue weighted by atomic mass is 79.9. The minimum atomic E-state index is 0.399. The number of nitrogens with zero attached hydrogens (tertiary/aromatic N) is 2. The molecule has 24 heavy (non-hydrogen) atoms. The number of fused-ring (bicyclic) bond motifs is 1. The SMILES string of the molecule is COc1ccc(OC)c(N=Cc2cc3cc(Br)ccc3nc2Cl)c1. The van der Waals surface area contributed by atoms with E-state index in [-0.39, 0.29) is 0 Å². The first-order valence-electron chi connectivity index (χ1n) is 7.12. The van der Waals surface area contributed by atoms with Crippen LogP contribution in [-0.2, 0) is 0 Å². The highest BCUT2D eigenvalue weighted by molar-refractivity contribution is 9.10. The van der Waals surface area contributed by atoms with Crippen molar-refractivity contribution in [1.29, 1.82) is 0 Å². The summed E-state index contributed by atoms with van der Waals surface area (Å²) in [5.74, 6) is 1.36. The molecule has 2 aromatic carbocycles. The van der Waals surface area contributed by atoms with Crippen molar-refractivity contribution in [1.82, 2.24) is 4.98 Å². The van der Waals surface area contributed by atoms with E-state index in [1.807, 2.05) is 36.4 Å². The van der Waals surface area contributed by atoms with Crippen LogP contribution in [0.5, 0.6) is 11.5 Å². The van der Waals surface area contributed by atoms with Crippen LogP contribution in [0.1, 0.15) is 5.56 Å². The van der Waals surface area contributed by atoms with E-state index in [0.29, 0.717) is 22.3 Å². The Morgan fingerprint density at radius 2 is 1.92 bits per heavy atom. The van der Waals surface area contributed by atoms with Gasteiger partial charge in [-0.3, -0.25) is 4.99 Å². The number of aromatic nitrogens is 1. The van der Waals surface area contributed by atoms with Gasteiger partial charge in [-0.15, -0.1) is 0 Å². The van der Waals surface area contributed by atoms with Gasteiger partial charge < -0.3 is 9.47 Å². The number of methoxy groups -OCH3 is 2. The molecule has 6 heteroatoms. The van der Waals surface area contributed by atoms with Gasteiger partial charge in [-0.2, -0.15) is 0 Å². The molecule has 0 saturated carbocycles. The molecule has 0 N–H and O–H groups in total. The third-order valence-corrected chi connectivity index (χ3v) is 4.28. The van der Waals surface area contributed by atoms with Gasteiger partial charge in [0, 0.05) is 27.7 Å². The van der Waals surface area contributed by atoms with Gasteiger partial charge in [0.05, 0.1) is 19.7 Å². The van der Waals surface area contributed by atoms with Gasteiger partial charge in [0.1, 0.15) is 22.3 Å². The smallest absolute Gasteiger partial charge is 0.144 e. The van der Waals surface area contributed by atoms with Crippen molar-refractivity contribution in [2.45, 2.75) is 0 Å². The second-order valence-electron chi connectivity index (χ2n) is 5.00. The van der Waals surface area contributed by atoms with Crippen molar-refractivity contribution in [2.24, 2.45) is 4.99 Å². The molecule has 3 aromatic rings. The summed E-state index contributed by atoms with van der Waals surface area (Å²) in [7, 11) is 3.21. The number of ether oxygens (including phenoxy) is 2. The summed E-state index contributed by atoms with van der Waals surface area (Å²) in [6.45, 7) is 0. The molecule has 0 aliphatic carbocycles. The largest absolute Gasteiger partial charge is 0.497 e. The van der Waals surface area contributed by atoms with Crippen LogP contribution in [0, 0.1) is 0 Å². The van der Waals surface area contributed by atoms with E-state index >= 15 is 0 Å². The first-order chi connectivity index (χ1) is 11.6. The molecule has 3 rings (SSSR count). The average Bonchev–Trinajstić information content (AvgIpc) is 2.60. The Morgan fingerprint density at radius 1 is 1.08 bits per heavy atom. The van der Waals surface area contributed by atoms with Crippen LogP contribution in [0.25, 0.3) is 10.9 Å². The van der Waals surface area contributed by atoms with Crippen LogP contribution in [0.15, 0.2) is 51.9 Å². The van der Waals surface area contributed by atoms with Gasteiger partial charge in [0.15, 0.2) is 0 Å². The summed E-state index contributed by atoms with van der Waals surface area (Å²) >= 11 is 9.73. The molecular formula is C18H14BrClN2O2. The Kier molecular flexibility index (Phi) is 5.02. The lowest BCUT2D eigenvalue weighted by molar-refractivity contribution is 0.404. The summed E-state index contributed by atoms with van der Waals surface area (Å²) in [5.41, 5.74) is 2.22. The molecule has 0 atom stereocenters.